The van der Waals surface area contributed by atoms with Crippen LogP contribution in [0, 0.1) is 6.92 Å². The molecule has 0 saturated heterocycles. The lowest BCUT2D eigenvalue weighted by Crippen LogP contribution is -2.46. The molecule has 2 fully saturated rings. The second kappa shape index (κ2) is 11.8. The minimum atomic E-state index is -3.91. The van der Waals surface area contributed by atoms with E-state index in [1.165, 1.54) is 12.8 Å². The van der Waals surface area contributed by atoms with Gasteiger partial charge in [-0.15, -0.1) is 0 Å². The molecule has 0 aromatic heterocycles. The Balaban J connectivity index is 1.71. The van der Waals surface area contributed by atoms with Crippen LogP contribution in [0.2, 0.25) is 0 Å². The fourth-order valence-corrected chi connectivity index (χ4v) is 6.15. The average molecular weight is 496 g/mol. The number of aryl methyl sites for hydroxylation is 1. The summed E-state index contributed by atoms with van der Waals surface area (Å²) in [5.74, 6) is -0.790. The van der Waals surface area contributed by atoms with E-state index in [0.29, 0.717) is 0 Å². The average Bonchev–Trinajstić information content (AvgIpc) is 2.86. The highest BCUT2D eigenvalue weighted by atomic mass is 32.2. The number of aliphatic imine (C=N–C) groups is 1. The molecule has 6 nitrogen and oxygen atoms in total. The highest BCUT2D eigenvalue weighted by molar-refractivity contribution is 7.90. The fourth-order valence-electron chi connectivity index (χ4n) is 5.09. The van der Waals surface area contributed by atoms with Gasteiger partial charge in [-0.1, -0.05) is 86.6 Å². The van der Waals surface area contributed by atoms with E-state index < -0.39 is 15.9 Å². The molecular weight excluding hydrogens is 458 g/mol. The lowest BCUT2D eigenvalue weighted by Gasteiger charge is -2.28. The molecule has 0 aliphatic heterocycles. The summed E-state index contributed by atoms with van der Waals surface area (Å²) >= 11 is 0. The molecule has 2 N–H and O–H groups in total. The van der Waals surface area contributed by atoms with Crippen LogP contribution in [0.1, 0.15) is 81.3 Å². The van der Waals surface area contributed by atoms with Crippen LogP contribution >= 0.6 is 0 Å². The summed E-state index contributed by atoms with van der Waals surface area (Å²) in [6, 6.07) is 16.3. The first-order valence-electron chi connectivity index (χ1n) is 12.9. The van der Waals surface area contributed by atoms with Crippen LogP contribution in [0.4, 0.5) is 0 Å². The molecule has 35 heavy (non-hydrogen) atoms. The Morgan fingerprint density at radius 2 is 1.46 bits per heavy atom. The highest BCUT2D eigenvalue weighted by Crippen LogP contribution is 2.26. The number of rotatable bonds is 7. The summed E-state index contributed by atoms with van der Waals surface area (Å²) in [4.78, 5) is 18.8. The monoisotopic (exact) mass is 495 g/mol. The van der Waals surface area contributed by atoms with E-state index >= 15 is 0 Å². The third-order valence-electron chi connectivity index (χ3n) is 7.09. The van der Waals surface area contributed by atoms with Crippen LogP contribution in [-0.2, 0) is 14.8 Å². The Bertz CT molecular complexity index is 1100. The van der Waals surface area contributed by atoms with Crippen molar-refractivity contribution in [3.05, 3.63) is 65.7 Å². The van der Waals surface area contributed by atoms with Crippen LogP contribution in [0.15, 0.2) is 64.5 Å². The Morgan fingerprint density at radius 1 is 0.857 bits per heavy atom. The molecule has 1 atom stereocenters. The van der Waals surface area contributed by atoms with Gasteiger partial charge in [0.1, 0.15) is 11.8 Å². The molecule has 2 aliphatic carbocycles. The quantitative estimate of drug-likeness (QED) is 0.407. The molecule has 4 rings (SSSR count). The maximum Gasteiger partial charge on any atom is 0.262 e. The van der Waals surface area contributed by atoms with E-state index in [2.05, 4.69) is 10.0 Å². The van der Waals surface area contributed by atoms with Crippen molar-refractivity contribution in [3.8, 4) is 0 Å². The lowest BCUT2D eigenvalue weighted by molar-refractivity contribution is -0.122. The van der Waals surface area contributed by atoms with Gasteiger partial charge in [-0.05, 0) is 50.3 Å². The molecule has 2 saturated carbocycles. The molecule has 0 heterocycles. The zero-order valence-electron chi connectivity index (χ0n) is 20.6. The van der Waals surface area contributed by atoms with Crippen LogP contribution < -0.4 is 10.0 Å². The number of amides is 1. The van der Waals surface area contributed by atoms with E-state index in [-0.39, 0.29) is 28.7 Å². The van der Waals surface area contributed by atoms with Gasteiger partial charge in [-0.3, -0.25) is 14.5 Å². The zero-order valence-corrected chi connectivity index (χ0v) is 21.4. The van der Waals surface area contributed by atoms with Gasteiger partial charge in [-0.25, -0.2) is 8.42 Å². The normalized spacial score (nSPS) is 19.2. The van der Waals surface area contributed by atoms with Gasteiger partial charge in [0, 0.05) is 6.04 Å². The van der Waals surface area contributed by atoms with Gasteiger partial charge in [0.25, 0.3) is 10.0 Å². The Labute approximate surface area is 209 Å². The summed E-state index contributed by atoms with van der Waals surface area (Å²) in [6.45, 7) is 1.92. The van der Waals surface area contributed by atoms with Gasteiger partial charge >= 0.3 is 0 Å². The smallest absolute Gasteiger partial charge is 0.262 e. The highest BCUT2D eigenvalue weighted by Gasteiger charge is 2.32. The first-order chi connectivity index (χ1) is 16.9. The summed E-state index contributed by atoms with van der Waals surface area (Å²) in [5, 5.41) is 3.21. The number of carbonyl (C=O) groups is 1. The van der Waals surface area contributed by atoms with Crippen LogP contribution in [0.5, 0.6) is 0 Å². The lowest BCUT2D eigenvalue weighted by atomic mass is 9.92. The molecule has 0 spiro atoms. The van der Waals surface area contributed by atoms with Crippen molar-refractivity contribution in [2.45, 2.75) is 94.0 Å². The number of benzene rings is 2. The van der Waals surface area contributed by atoms with Crippen LogP contribution in [0.25, 0.3) is 0 Å². The maximum atomic E-state index is 13.7. The maximum absolute atomic E-state index is 13.7. The Hall–Kier alpha value is -2.67. The van der Waals surface area contributed by atoms with Crippen molar-refractivity contribution in [3.63, 3.8) is 0 Å². The second-order valence-corrected chi connectivity index (χ2v) is 11.6. The summed E-state index contributed by atoms with van der Waals surface area (Å²) < 4.78 is 29.6. The first kappa shape index (κ1) is 25.4. The van der Waals surface area contributed by atoms with Crippen molar-refractivity contribution >= 4 is 21.8 Å². The molecular formula is C28H37N3O3S. The van der Waals surface area contributed by atoms with Gasteiger partial charge < -0.3 is 5.32 Å². The number of carbonyl (C=O) groups excluding carboxylic acids is 1. The predicted molar refractivity (Wildman–Crippen MR) is 140 cm³/mol. The summed E-state index contributed by atoms with van der Waals surface area (Å²) in [6.07, 6.45) is 10.4. The minimum absolute atomic E-state index is 0.00756. The third kappa shape index (κ3) is 6.94. The largest absolute Gasteiger partial charge is 0.352 e. The summed E-state index contributed by atoms with van der Waals surface area (Å²) in [7, 11) is -3.91. The van der Waals surface area contributed by atoms with Crippen molar-refractivity contribution in [2.75, 3.05) is 0 Å². The Morgan fingerprint density at radius 3 is 2.09 bits per heavy atom. The molecule has 2 aromatic carbocycles. The van der Waals surface area contributed by atoms with Gasteiger partial charge in [0.2, 0.25) is 5.91 Å². The molecule has 7 heteroatoms. The third-order valence-corrected chi connectivity index (χ3v) is 8.46. The minimum Gasteiger partial charge on any atom is -0.352 e. The van der Waals surface area contributed by atoms with E-state index in [0.717, 1.165) is 62.5 Å². The fraction of sp³-hybridized carbons (Fsp3) is 0.500. The van der Waals surface area contributed by atoms with Crippen molar-refractivity contribution in [2.24, 2.45) is 4.99 Å². The van der Waals surface area contributed by atoms with Crippen molar-refractivity contribution in [1.82, 2.24) is 10.0 Å². The van der Waals surface area contributed by atoms with Crippen molar-refractivity contribution < 1.29 is 13.2 Å². The first-order valence-corrected chi connectivity index (χ1v) is 14.4. The number of hydrogen-bond acceptors (Lipinski definition) is 4. The van der Waals surface area contributed by atoms with E-state index in [1.807, 2.05) is 37.3 Å². The molecule has 2 aromatic rings. The SMILES string of the molecule is Cc1ccc(S(=O)(=O)NC(=NC2CCCCC2)[C@H](C(=O)NC2CCCCC2)c2ccccc2)cc1. The number of sulfonamides is 1. The molecule has 1 amide bonds. The molecule has 0 radical (unpaired) electrons. The number of hydrogen-bond donors (Lipinski definition) is 2. The van der Waals surface area contributed by atoms with E-state index in [1.54, 1.807) is 24.3 Å². The van der Waals surface area contributed by atoms with Gasteiger partial charge in [0.15, 0.2) is 0 Å². The number of nitrogens with zero attached hydrogens (tertiary/aromatic N) is 1. The second-order valence-electron chi connectivity index (χ2n) is 9.91. The molecule has 0 unspecified atom stereocenters. The van der Waals surface area contributed by atoms with Crippen LogP contribution in [0.3, 0.4) is 0 Å². The zero-order chi connectivity index (χ0) is 24.7. The summed E-state index contributed by atoms with van der Waals surface area (Å²) in [5.41, 5.74) is 1.72. The van der Waals surface area contributed by atoms with Gasteiger partial charge in [-0.2, -0.15) is 0 Å². The van der Waals surface area contributed by atoms with E-state index in [4.69, 9.17) is 4.99 Å². The van der Waals surface area contributed by atoms with E-state index in [9.17, 15) is 13.2 Å². The van der Waals surface area contributed by atoms with Crippen LogP contribution in [-0.4, -0.2) is 32.2 Å². The van der Waals surface area contributed by atoms with Crippen molar-refractivity contribution in [1.29, 1.82) is 0 Å². The van der Waals surface area contributed by atoms with Gasteiger partial charge in [0.05, 0.1) is 10.9 Å². The standard InChI is InChI=1S/C28H37N3O3S/c1-21-17-19-25(20-18-21)35(33,34)31-27(29-23-13-7-3-8-14-23)26(22-11-5-2-6-12-22)28(32)30-24-15-9-4-10-16-24/h2,5-6,11-12,17-20,23-24,26H,3-4,7-10,13-16H2,1H3,(H,29,31)(H,30,32)/t26-/m1/s1. The number of amidine groups is 1. The molecule has 188 valence electrons. The molecule has 0 bridgehead atoms. The predicted octanol–water partition coefficient (Wildman–Crippen LogP) is 5.24. The molecule has 2 aliphatic rings. The topological polar surface area (TPSA) is 87.6 Å². The number of nitrogens with one attached hydrogen (secondary N) is 2. The Kier molecular flexibility index (Phi) is 8.60.